The molecule has 166 valence electrons. The van der Waals surface area contributed by atoms with Crippen molar-refractivity contribution in [1.29, 1.82) is 5.26 Å². The molecular weight excluding hydrogens is 436 g/mol. The molecule has 0 bridgehead atoms. The van der Waals surface area contributed by atoms with Crippen LogP contribution in [0.5, 0.6) is 11.5 Å². The highest BCUT2D eigenvalue weighted by molar-refractivity contribution is 7.11. The highest BCUT2D eigenvalue weighted by atomic mass is 32.1. The van der Waals surface area contributed by atoms with Crippen LogP contribution in [0.2, 0.25) is 0 Å². The maximum Gasteiger partial charge on any atom is 0.345 e. The van der Waals surface area contributed by atoms with Gasteiger partial charge in [0.1, 0.15) is 16.7 Å². The molecule has 2 aromatic carbocycles. The Morgan fingerprint density at radius 1 is 1.21 bits per heavy atom. The van der Waals surface area contributed by atoms with Crippen LogP contribution in [0.1, 0.15) is 31.3 Å². The van der Waals surface area contributed by atoms with E-state index in [9.17, 15) is 10.1 Å². The molecule has 0 atom stereocenters. The average molecular weight is 459 g/mol. The van der Waals surface area contributed by atoms with Gasteiger partial charge >= 0.3 is 5.63 Å². The van der Waals surface area contributed by atoms with Crippen molar-refractivity contribution in [2.75, 3.05) is 6.61 Å². The van der Waals surface area contributed by atoms with Crippen molar-refractivity contribution in [2.24, 2.45) is 0 Å². The van der Waals surface area contributed by atoms with Crippen LogP contribution in [-0.2, 0) is 0 Å². The van der Waals surface area contributed by atoms with Gasteiger partial charge in [-0.15, -0.1) is 11.3 Å². The monoisotopic (exact) mass is 458 g/mol. The number of hydrogen-bond acceptors (Lipinski definition) is 7. The molecule has 0 saturated heterocycles. The molecule has 0 aliphatic carbocycles. The Morgan fingerprint density at radius 2 is 2.03 bits per heavy atom. The van der Waals surface area contributed by atoms with Gasteiger partial charge in [0, 0.05) is 10.8 Å². The summed E-state index contributed by atoms with van der Waals surface area (Å²) in [7, 11) is 0. The quantitative estimate of drug-likeness (QED) is 0.243. The van der Waals surface area contributed by atoms with Crippen LogP contribution in [0, 0.1) is 11.3 Å². The predicted octanol–water partition coefficient (Wildman–Crippen LogP) is 6.17. The van der Waals surface area contributed by atoms with Gasteiger partial charge in [-0.1, -0.05) is 24.3 Å². The lowest BCUT2D eigenvalue weighted by Crippen LogP contribution is -2.07. The fourth-order valence-electron chi connectivity index (χ4n) is 3.30. The van der Waals surface area contributed by atoms with E-state index in [2.05, 4.69) is 11.1 Å². The summed E-state index contributed by atoms with van der Waals surface area (Å²) >= 11 is 1.30. The van der Waals surface area contributed by atoms with Crippen molar-refractivity contribution in [2.45, 2.75) is 26.9 Å². The molecule has 0 fully saturated rings. The smallest absolute Gasteiger partial charge is 0.345 e. The first kappa shape index (κ1) is 22.3. The second kappa shape index (κ2) is 9.72. The molecular formula is C26H22N2O4S. The van der Waals surface area contributed by atoms with Crippen LogP contribution < -0.4 is 15.1 Å². The van der Waals surface area contributed by atoms with Crippen LogP contribution in [0.25, 0.3) is 33.9 Å². The van der Waals surface area contributed by atoms with E-state index in [1.165, 1.54) is 11.3 Å². The summed E-state index contributed by atoms with van der Waals surface area (Å²) in [5.41, 5.74) is 2.07. The zero-order valence-corrected chi connectivity index (χ0v) is 19.3. The molecule has 0 saturated carbocycles. The van der Waals surface area contributed by atoms with Crippen molar-refractivity contribution in [1.82, 2.24) is 4.98 Å². The minimum absolute atomic E-state index is 0.0155. The highest BCUT2D eigenvalue weighted by Gasteiger charge is 2.14. The van der Waals surface area contributed by atoms with E-state index in [0.29, 0.717) is 45.5 Å². The lowest BCUT2D eigenvalue weighted by molar-refractivity contribution is 0.224. The third kappa shape index (κ3) is 4.97. The van der Waals surface area contributed by atoms with Crippen molar-refractivity contribution in [3.63, 3.8) is 0 Å². The van der Waals surface area contributed by atoms with Crippen LogP contribution in [-0.4, -0.2) is 17.7 Å². The number of allylic oxidation sites excluding steroid dienone is 1. The van der Waals surface area contributed by atoms with Crippen molar-refractivity contribution in [3.8, 4) is 28.8 Å². The Kier molecular flexibility index (Phi) is 6.57. The van der Waals surface area contributed by atoms with Gasteiger partial charge in [0.25, 0.3) is 0 Å². The summed E-state index contributed by atoms with van der Waals surface area (Å²) in [6.45, 7) is 6.31. The third-order valence-electron chi connectivity index (χ3n) is 4.71. The van der Waals surface area contributed by atoms with E-state index in [1.54, 1.807) is 23.6 Å². The van der Waals surface area contributed by atoms with Gasteiger partial charge in [-0.2, -0.15) is 5.26 Å². The summed E-state index contributed by atoms with van der Waals surface area (Å²) < 4.78 is 16.9. The standard InChI is InChI=1S/C26H22N2O4S/c1-4-30-24-12-17(9-10-23(24)31-16(2)3)11-19(14-27)25-28-21(15-33-25)20-13-18-7-5-6-8-22(18)32-26(20)29/h5-13,15-16H,4H2,1-3H3. The second-order valence-corrected chi connectivity index (χ2v) is 8.36. The molecule has 2 aromatic heterocycles. The van der Waals surface area contributed by atoms with Crippen molar-refractivity contribution < 1.29 is 13.9 Å². The molecule has 33 heavy (non-hydrogen) atoms. The van der Waals surface area contributed by atoms with Gasteiger partial charge in [-0.3, -0.25) is 0 Å². The molecule has 4 rings (SSSR count). The molecule has 0 spiro atoms. The molecule has 7 heteroatoms. The number of nitriles is 1. The number of para-hydroxylation sites is 1. The average Bonchev–Trinajstić information content (AvgIpc) is 3.28. The summed E-state index contributed by atoms with van der Waals surface area (Å²) in [6, 6.07) is 16.8. The normalized spacial score (nSPS) is 11.5. The molecule has 0 aliphatic rings. The number of thiazole rings is 1. The number of hydrogen-bond donors (Lipinski definition) is 0. The summed E-state index contributed by atoms with van der Waals surface area (Å²) in [4.78, 5) is 17.0. The summed E-state index contributed by atoms with van der Waals surface area (Å²) in [5, 5.41) is 12.9. The first-order valence-corrected chi connectivity index (χ1v) is 11.4. The minimum Gasteiger partial charge on any atom is -0.490 e. The van der Waals surface area contributed by atoms with E-state index < -0.39 is 5.63 Å². The Hall–Kier alpha value is -3.89. The summed E-state index contributed by atoms with van der Waals surface area (Å²) in [6.07, 6.45) is 1.76. The predicted molar refractivity (Wildman–Crippen MR) is 130 cm³/mol. The molecule has 4 aromatic rings. The number of rotatable bonds is 7. The van der Waals surface area contributed by atoms with Gasteiger partial charge in [0.05, 0.1) is 29.5 Å². The van der Waals surface area contributed by atoms with Gasteiger partial charge in [0.15, 0.2) is 11.5 Å². The van der Waals surface area contributed by atoms with Crippen LogP contribution in [0.3, 0.4) is 0 Å². The van der Waals surface area contributed by atoms with E-state index in [4.69, 9.17) is 13.9 Å². The molecule has 0 N–H and O–H groups in total. The zero-order chi connectivity index (χ0) is 23.4. The molecule has 0 aliphatic heterocycles. The van der Waals surface area contributed by atoms with Crippen molar-refractivity contribution >= 4 is 34.0 Å². The van der Waals surface area contributed by atoms with E-state index in [0.717, 1.165) is 10.9 Å². The van der Waals surface area contributed by atoms with Crippen molar-refractivity contribution in [3.05, 3.63) is 74.9 Å². The minimum atomic E-state index is -0.463. The maximum absolute atomic E-state index is 12.5. The third-order valence-corrected chi connectivity index (χ3v) is 5.59. The van der Waals surface area contributed by atoms with E-state index in [-0.39, 0.29) is 6.10 Å². The lowest BCUT2D eigenvalue weighted by Gasteiger charge is -2.15. The molecule has 6 nitrogen and oxygen atoms in total. The van der Waals surface area contributed by atoms with Gasteiger partial charge in [-0.05, 0) is 56.7 Å². The molecule has 2 heterocycles. The number of ether oxygens (including phenoxy) is 2. The second-order valence-electron chi connectivity index (χ2n) is 7.50. The zero-order valence-electron chi connectivity index (χ0n) is 18.5. The van der Waals surface area contributed by atoms with Gasteiger partial charge < -0.3 is 13.9 Å². The van der Waals surface area contributed by atoms with E-state index in [1.807, 2.05) is 57.2 Å². The summed E-state index contributed by atoms with van der Waals surface area (Å²) in [5.74, 6) is 1.27. The Labute approximate surface area is 195 Å². The molecule has 0 amide bonds. The van der Waals surface area contributed by atoms with E-state index >= 15 is 0 Å². The fraction of sp³-hybridized carbons (Fsp3) is 0.192. The lowest BCUT2D eigenvalue weighted by atomic mass is 10.1. The largest absolute Gasteiger partial charge is 0.490 e. The molecule has 0 radical (unpaired) electrons. The number of nitrogens with zero attached hydrogens (tertiary/aromatic N) is 2. The Balaban J connectivity index is 1.69. The fourth-order valence-corrected chi connectivity index (χ4v) is 4.09. The Bertz CT molecular complexity index is 1430. The first-order valence-electron chi connectivity index (χ1n) is 10.5. The Morgan fingerprint density at radius 3 is 2.79 bits per heavy atom. The van der Waals surface area contributed by atoms with Gasteiger partial charge in [-0.25, -0.2) is 9.78 Å². The number of aromatic nitrogens is 1. The van der Waals surface area contributed by atoms with Crippen LogP contribution >= 0.6 is 11.3 Å². The topological polar surface area (TPSA) is 85.4 Å². The van der Waals surface area contributed by atoms with Gasteiger partial charge in [0.2, 0.25) is 0 Å². The number of benzene rings is 2. The van der Waals surface area contributed by atoms with Crippen LogP contribution in [0.15, 0.2) is 63.1 Å². The first-order chi connectivity index (χ1) is 16.0. The number of fused-ring (bicyclic) bond motifs is 1. The highest BCUT2D eigenvalue weighted by Crippen LogP contribution is 2.32. The maximum atomic E-state index is 12.5. The molecule has 0 unspecified atom stereocenters. The van der Waals surface area contributed by atoms with Crippen LogP contribution in [0.4, 0.5) is 0 Å². The SMILES string of the molecule is CCOc1cc(C=C(C#N)c2nc(-c3cc4ccccc4oc3=O)cs2)ccc1OC(C)C.